The molecule has 0 unspecified atom stereocenters. The van der Waals surface area contributed by atoms with Crippen LogP contribution in [0.2, 0.25) is 10.6 Å². The molecule has 2 heteroatoms. The third-order valence-electron chi connectivity index (χ3n) is 1.28. The van der Waals surface area contributed by atoms with Crippen LogP contribution in [0.1, 0.15) is 34.6 Å². The molecule has 0 saturated carbocycles. The van der Waals surface area contributed by atoms with Crippen LogP contribution in [0.5, 0.6) is 0 Å². The molecular formula is C10H24AlO. The maximum absolute atomic E-state index is 7.57. The molecule has 0 aliphatic rings. The number of hydrogen-bond acceptors (Lipinski definition) is 1. The Labute approximate surface area is 84.3 Å². The van der Waals surface area contributed by atoms with Gasteiger partial charge in [0.2, 0.25) is 15.2 Å². The van der Waals surface area contributed by atoms with Crippen molar-refractivity contribution in [2.75, 3.05) is 6.61 Å². The lowest BCUT2D eigenvalue weighted by Gasteiger charge is -2.03. The zero-order valence-electron chi connectivity index (χ0n) is 9.30. The summed E-state index contributed by atoms with van der Waals surface area (Å²) >= 11 is 0.755. The first kappa shape index (κ1) is 15.0. The second-order valence-corrected chi connectivity index (χ2v) is 5.38. The SMILES string of the molecule is CC(C)[CH2][Al][CH2]C(C)C.CCO. The number of rotatable bonds is 4. The number of aliphatic hydroxyl groups is 1. The van der Waals surface area contributed by atoms with Crippen molar-refractivity contribution in [3.05, 3.63) is 0 Å². The quantitative estimate of drug-likeness (QED) is 0.671. The largest absolute Gasteiger partial charge is 0.397 e. The highest BCUT2D eigenvalue weighted by Crippen LogP contribution is 2.05. The summed E-state index contributed by atoms with van der Waals surface area (Å²) < 4.78 is 0. The monoisotopic (exact) mass is 187 g/mol. The van der Waals surface area contributed by atoms with E-state index in [1.165, 1.54) is 10.6 Å². The lowest BCUT2D eigenvalue weighted by Crippen LogP contribution is -1.99. The van der Waals surface area contributed by atoms with Gasteiger partial charge in [0, 0.05) is 6.61 Å². The predicted octanol–water partition coefficient (Wildman–Crippen LogP) is 2.84. The van der Waals surface area contributed by atoms with Gasteiger partial charge in [-0.15, -0.1) is 10.6 Å². The molecule has 0 aromatic rings. The van der Waals surface area contributed by atoms with E-state index in [0.29, 0.717) is 0 Å². The van der Waals surface area contributed by atoms with Crippen molar-refractivity contribution in [3.63, 3.8) is 0 Å². The molecule has 1 radical (unpaired) electrons. The Hall–Kier alpha value is 0.492. The van der Waals surface area contributed by atoms with Gasteiger partial charge in [-0.2, -0.15) is 0 Å². The first-order valence-corrected chi connectivity index (χ1v) is 6.60. The standard InChI is InChI=1S/2C4H9.C2H6O.Al/c2*1-4(2)3;1-2-3;/h2*4H,1H2,2-3H3;3H,2H2,1H3;. The summed E-state index contributed by atoms with van der Waals surface area (Å²) in [5.41, 5.74) is 0. The molecule has 12 heavy (non-hydrogen) atoms. The van der Waals surface area contributed by atoms with Crippen LogP contribution in [0, 0.1) is 11.8 Å². The molecule has 0 spiro atoms. The topological polar surface area (TPSA) is 20.2 Å². The molecule has 0 atom stereocenters. The average Bonchev–Trinajstić information content (AvgIpc) is 1.87. The summed E-state index contributed by atoms with van der Waals surface area (Å²) in [6.45, 7) is 11.2. The molecule has 0 heterocycles. The van der Waals surface area contributed by atoms with Gasteiger partial charge < -0.3 is 5.11 Å². The van der Waals surface area contributed by atoms with E-state index < -0.39 is 0 Å². The van der Waals surface area contributed by atoms with Crippen LogP contribution in [0.25, 0.3) is 0 Å². The first-order chi connectivity index (χ1) is 5.54. The minimum absolute atomic E-state index is 0.250. The van der Waals surface area contributed by atoms with Crippen molar-refractivity contribution in [2.24, 2.45) is 11.8 Å². The Morgan fingerprint density at radius 2 is 1.25 bits per heavy atom. The van der Waals surface area contributed by atoms with Crippen molar-refractivity contribution in [3.8, 4) is 0 Å². The van der Waals surface area contributed by atoms with E-state index in [2.05, 4.69) is 27.7 Å². The Morgan fingerprint density at radius 1 is 1.00 bits per heavy atom. The van der Waals surface area contributed by atoms with Crippen LogP contribution in [0.3, 0.4) is 0 Å². The second-order valence-electron chi connectivity index (χ2n) is 3.86. The van der Waals surface area contributed by atoms with Gasteiger partial charge in [-0.05, 0) is 6.92 Å². The Kier molecular flexibility index (Phi) is 14.4. The van der Waals surface area contributed by atoms with E-state index in [-0.39, 0.29) is 6.61 Å². The van der Waals surface area contributed by atoms with Crippen LogP contribution in [0.15, 0.2) is 0 Å². The van der Waals surface area contributed by atoms with Crippen molar-refractivity contribution in [1.29, 1.82) is 0 Å². The van der Waals surface area contributed by atoms with Crippen molar-refractivity contribution in [1.82, 2.24) is 0 Å². The first-order valence-electron chi connectivity index (χ1n) is 4.97. The number of hydrogen-bond donors (Lipinski definition) is 1. The summed E-state index contributed by atoms with van der Waals surface area (Å²) in [6.07, 6.45) is 0. The normalized spacial score (nSPS) is 9.67. The van der Waals surface area contributed by atoms with Gasteiger partial charge in [0.25, 0.3) is 0 Å². The maximum Gasteiger partial charge on any atom is 0.200 e. The van der Waals surface area contributed by atoms with E-state index in [9.17, 15) is 0 Å². The van der Waals surface area contributed by atoms with Crippen molar-refractivity contribution >= 4 is 15.2 Å². The molecule has 0 aromatic carbocycles. The lowest BCUT2D eigenvalue weighted by atomic mass is 10.3. The molecule has 0 aliphatic carbocycles. The van der Waals surface area contributed by atoms with E-state index in [4.69, 9.17) is 5.11 Å². The van der Waals surface area contributed by atoms with Gasteiger partial charge in [-0.1, -0.05) is 39.5 Å². The summed E-state index contributed by atoms with van der Waals surface area (Å²) in [5, 5.41) is 10.5. The summed E-state index contributed by atoms with van der Waals surface area (Å²) in [4.78, 5) is 0. The summed E-state index contributed by atoms with van der Waals surface area (Å²) in [7, 11) is 0. The van der Waals surface area contributed by atoms with Crippen molar-refractivity contribution < 1.29 is 5.11 Å². The van der Waals surface area contributed by atoms with E-state index in [0.717, 1.165) is 27.1 Å². The smallest absolute Gasteiger partial charge is 0.200 e. The minimum Gasteiger partial charge on any atom is -0.397 e. The van der Waals surface area contributed by atoms with Gasteiger partial charge in [0.05, 0.1) is 0 Å². The molecule has 0 amide bonds. The minimum atomic E-state index is 0.250. The molecule has 1 nitrogen and oxygen atoms in total. The zero-order valence-corrected chi connectivity index (χ0v) is 10.5. The predicted molar refractivity (Wildman–Crippen MR) is 57.8 cm³/mol. The molecule has 0 saturated heterocycles. The fraction of sp³-hybridized carbons (Fsp3) is 1.00. The molecule has 0 rings (SSSR count). The fourth-order valence-corrected chi connectivity index (χ4v) is 2.29. The third kappa shape index (κ3) is 22.4. The Balaban J connectivity index is 0. The lowest BCUT2D eigenvalue weighted by molar-refractivity contribution is 0.318. The molecule has 0 fully saturated rings. The van der Waals surface area contributed by atoms with Crippen LogP contribution in [-0.4, -0.2) is 26.9 Å². The van der Waals surface area contributed by atoms with Crippen LogP contribution in [-0.2, 0) is 0 Å². The average molecular weight is 187 g/mol. The fourth-order valence-electron chi connectivity index (χ4n) is 0.763. The third-order valence-corrected chi connectivity index (χ3v) is 3.83. The van der Waals surface area contributed by atoms with Gasteiger partial charge in [-0.3, -0.25) is 0 Å². The van der Waals surface area contributed by atoms with E-state index in [1.807, 2.05) is 0 Å². The molecule has 0 aromatic heterocycles. The Morgan fingerprint density at radius 3 is 1.42 bits per heavy atom. The Bertz CT molecular complexity index is 64.2. The second kappa shape index (κ2) is 11.5. The summed E-state index contributed by atoms with van der Waals surface area (Å²) in [6, 6.07) is 0. The van der Waals surface area contributed by atoms with Crippen LogP contribution < -0.4 is 0 Å². The maximum atomic E-state index is 7.57. The zero-order chi connectivity index (χ0) is 9.98. The van der Waals surface area contributed by atoms with Gasteiger partial charge in [0.15, 0.2) is 0 Å². The van der Waals surface area contributed by atoms with E-state index in [1.54, 1.807) is 6.92 Å². The van der Waals surface area contributed by atoms with Gasteiger partial charge in [0.1, 0.15) is 0 Å². The highest BCUT2D eigenvalue weighted by molar-refractivity contribution is 6.35. The van der Waals surface area contributed by atoms with Crippen LogP contribution >= 0.6 is 0 Å². The van der Waals surface area contributed by atoms with Crippen molar-refractivity contribution in [2.45, 2.75) is 45.2 Å². The molecule has 0 aliphatic heterocycles. The molecular weight excluding hydrogens is 163 g/mol. The van der Waals surface area contributed by atoms with E-state index >= 15 is 0 Å². The van der Waals surface area contributed by atoms with Crippen LogP contribution in [0.4, 0.5) is 0 Å². The number of aliphatic hydroxyl groups excluding tert-OH is 1. The van der Waals surface area contributed by atoms with Gasteiger partial charge in [-0.25, -0.2) is 0 Å². The van der Waals surface area contributed by atoms with Gasteiger partial charge >= 0.3 is 0 Å². The summed E-state index contributed by atoms with van der Waals surface area (Å²) in [5.74, 6) is 1.86. The highest BCUT2D eigenvalue weighted by atomic mass is 27.1. The molecule has 0 bridgehead atoms. The molecule has 1 N–H and O–H groups in total. The molecule has 73 valence electrons. The highest BCUT2D eigenvalue weighted by Gasteiger charge is 1.98.